The maximum atomic E-state index is 13.0. The van der Waals surface area contributed by atoms with Crippen molar-refractivity contribution in [3.63, 3.8) is 0 Å². The van der Waals surface area contributed by atoms with Crippen LogP contribution in [0.5, 0.6) is 5.75 Å². The first-order valence-electron chi connectivity index (χ1n) is 9.85. The normalized spacial score (nSPS) is 13.4. The van der Waals surface area contributed by atoms with Gasteiger partial charge in [-0.15, -0.1) is 0 Å². The van der Waals surface area contributed by atoms with E-state index in [1.54, 1.807) is 36.4 Å². The van der Waals surface area contributed by atoms with Gasteiger partial charge in [-0.05, 0) is 23.3 Å². The van der Waals surface area contributed by atoms with Gasteiger partial charge >= 0.3 is 5.97 Å². The van der Waals surface area contributed by atoms with Gasteiger partial charge in [0.25, 0.3) is 0 Å². The monoisotopic (exact) mass is 442 g/mol. The highest BCUT2D eigenvalue weighted by atomic mass is 16.4. The van der Waals surface area contributed by atoms with Crippen molar-refractivity contribution in [1.29, 1.82) is 0 Å². The summed E-state index contributed by atoms with van der Waals surface area (Å²) in [5.74, 6) is -3.50. The number of amides is 3. The molecule has 3 amide bonds. The van der Waals surface area contributed by atoms with Crippen LogP contribution < -0.4 is 22.1 Å². The summed E-state index contributed by atoms with van der Waals surface area (Å²) in [6, 6.07) is 11.4. The third kappa shape index (κ3) is 7.73. The number of carbonyl (C=O) groups is 4. The van der Waals surface area contributed by atoms with E-state index in [1.165, 1.54) is 12.1 Å². The summed E-state index contributed by atoms with van der Waals surface area (Å²) in [6.45, 7) is 0. The average Bonchev–Trinajstić information content (AvgIpc) is 2.74. The zero-order valence-electron chi connectivity index (χ0n) is 17.2. The molecule has 0 unspecified atom stereocenters. The van der Waals surface area contributed by atoms with Crippen LogP contribution in [0.15, 0.2) is 54.6 Å². The number of aromatic hydroxyl groups is 1. The molecule has 8 N–H and O–H groups in total. The number of carboxylic acid groups (broad SMARTS) is 1. The first-order chi connectivity index (χ1) is 15.2. The Morgan fingerprint density at radius 3 is 1.91 bits per heavy atom. The molecule has 0 saturated heterocycles. The van der Waals surface area contributed by atoms with Crippen LogP contribution in [-0.2, 0) is 32.0 Å². The highest BCUT2D eigenvalue weighted by Crippen LogP contribution is 2.12. The fourth-order valence-corrected chi connectivity index (χ4v) is 2.98. The number of phenolic OH excluding ortho intramolecular Hbond substituents is 1. The lowest BCUT2D eigenvalue weighted by Gasteiger charge is -2.23. The number of primary amides is 1. The standard InChI is InChI=1S/C22H26N4O6/c23-16(12-19(28)29)21(31)26-18(11-14-6-8-15(27)9-7-14)22(32)25-17(20(24)30)10-13-4-2-1-3-5-13/h1-9,16-18,27H,10-12,23H2,(H2,24,30)(H,25,32)(H,26,31)(H,28,29)/t16-,17-,18-/m0/s1. The highest BCUT2D eigenvalue weighted by molar-refractivity contribution is 5.93. The molecule has 0 aromatic heterocycles. The van der Waals surface area contributed by atoms with E-state index in [0.717, 1.165) is 5.56 Å². The van der Waals surface area contributed by atoms with Crippen molar-refractivity contribution in [2.24, 2.45) is 11.5 Å². The second-order valence-corrected chi connectivity index (χ2v) is 7.29. The molecule has 32 heavy (non-hydrogen) atoms. The number of benzene rings is 2. The summed E-state index contributed by atoms with van der Waals surface area (Å²) in [5.41, 5.74) is 12.4. The topological polar surface area (TPSA) is 185 Å². The molecule has 0 radical (unpaired) electrons. The molecule has 0 bridgehead atoms. The van der Waals surface area contributed by atoms with Gasteiger partial charge in [0.1, 0.15) is 17.8 Å². The summed E-state index contributed by atoms with van der Waals surface area (Å²) in [6.07, 6.45) is -0.452. The minimum atomic E-state index is -1.36. The Morgan fingerprint density at radius 2 is 1.34 bits per heavy atom. The van der Waals surface area contributed by atoms with Gasteiger partial charge in [0.2, 0.25) is 17.7 Å². The molecular weight excluding hydrogens is 416 g/mol. The third-order valence-corrected chi connectivity index (χ3v) is 4.68. The van der Waals surface area contributed by atoms with E-state index in [1.807, 2.05) is 6.07 Å². The van der Waals surface area contributed by atoms with Crippen molar-refractivity contribution in [2.75, 3.05) is 0 Å². The summed E-state index contributed by atoms with van der Waals surface area (Å²) < 4.78 is 0. The molecule has 2 aromatic rings. The van der Waals surface area contributed by atoms with E-state index >= 15 is 0 Å². The Kier molecular flexibility index (Phi) is 8.72. The summed E-state index contributed by atoms with van der Waals surface area (Å²) >= 11 is 0. The van der Waals surface area contributed by atoms with Gasteiger partial charge in [-0.1, -0.05) is 42.5 Å². The highest BCUT2D eigenvalue weighted by Gasteiger charge is 2.28. The molecule has 0 aliphatic heterocycles. The van der Waals surface area contributed by atoms with Gasteiger partial charge in [-0.2, -0.15) is 0 Å². The lowest BCUT2D eigenvalue weighted by atomic mass is 10.0. The van der Waals surface area contributed by atoms with Gasteiger partial charge in [-0.3, -0.25) is 19.2 Å². The minimum absolute atomic E-state index is 0.00840. The molecule has 0 saturated carbocycles. The maximum Gasteiger partial charge on any atom is 0.305 e. The van der Waals surface area contributed by atoms with E-state index in [-0.39, 0.29) is 18.6 Å². The summed E-state index contributed by atoms with van der Waals surface area (Å²) in [7, 11) is 0. The minimum Gasteiger partial charge on any atom is -0.508 e. The Morgan fingerprint density at radius 1 is 0.812 bits per heavy atom. The molecule has 3 atom stereocenters. The van der Waals surface area contributed by atoms with Crippen molar-refractivity contribution < 1.29 is 29.4 Å². The van der Waals surface area contributed by atoms with Crippen LogP contribution in [0.4, 0.5) is 0 Å². The molecule has 170 valence electrons. The van der Waals surface area contributed by atoms with Crippen molar-refractivity contribution >= 4 is 23.7 Å². The van der Waals surface area contributed by atoms with E-state index in [4.69, 9.17) is 16.6 Å². The van der Waals surface area contributed by atoms with Crippen molar-refractivity contribution in [3.05, 3.63) is 65.7 Å². The smallest absolute Gasteiger partial charge is 0.305 e. The predicted octanol–water partition coefficient (Wildman–Crippen LogP) is -0.566. The molecule has 0 fully saturated rings. The van der Waals surface area contributed by atoms with Crippen LogP contribution in [0, 0.1) is 0 Å². The van der Waals surface area contributed by atoms with E-state index < -0.39 is 48.2 Å². The summed E-state index contributed by atoms with van der Waals surface area (Å²) in [4.78, 5) is 48.1. The number of aliphatic carboxylic acids is 1. The molecule has 0 spiro atoms. The maximum absolute atomic E-state index is 13.0. The van der Waals surface area contributed by atoms with Gasteiger partial charge < -0.3 is 32.3 Å². The number of nitrogens with two attached hydrogens (primary N) is 2. The molecule has 10 heteroatoms. The van der Waals surface area contributed by atoms with E-state index in [2.05, 4.69) is 10.6 Å². The Bertz CT molecular complexity index is 949. The number of carbonyl (C=O) groups excluding carboxylic acids is 3. The lowest BCUT2D eigenvalue weighted by molar-refractivity contribution is -0.139. The Hall–Kier alpha value is -3.92. The van der Waals surface area contributed by atoms with E-state index in [0.29, 0.717) is 5.56 Å². The SMILES string of the molecule is NC(=O)[C@H](Cc1ccccc1)NC(=O)[C@H](Cc1ccc(O)cc1)NC(=O)[C@@H](N)CC(=O)O. The van der Waals surface area contributed by atoms with Gasteiger partial charge in [0.15, 0.2) is 0 Å². The molecule has 2 aromatic carbocycles. The Labute approximate surface area is 184 Å². The van der Waals surface area contributed by atoms with Gasteiger partial charge in [0, 0.05) is 12.8 Å². The van der Waals surface area contributed by atoms with E-state index in [9.17, 15) is 24.3 Å². The summed E-state index contributed by atoms with van der Waals surface area (Å²) in [5, 5.41) is 23.3. The fourth-order valence-electron chi connectivity index (χ4n) is 2.98. The molecule has 2 rings (SSSR count). The van der Waals surface area contributed by atoms with Crippen LogP contribution in [0.2, 0.25) is 0 Å². The Balaban J connectivity index is 2.18. The quantitative estimate of drug-likeness (QED) is 0.269. The van der Waals surface area contributed by atoms with Crippen LogP contribution in [-0.4, -0.2) is 52.0 Å². The third-order valence-electron chi connectivity index (χ3n) is 4.68. The van der Waals surface area contributed by atoms with Crippen LogP contribution in [0.1, 0.15) is 17.5 Å². The first kappa shape index (κ1) is 24.4. The number of nitrogens with one attached hydrogen (secondary N) is 2. The zero-order chi connectivity index (χ0) is 23.7. The lowest BCUT2D eigenvalue weighted by Crippen LogP contribution is -2.56. The molecule has 0 aliphatic rings. The average molecular weight is 442 g/mol. The van der Waals surface area contributed by atoms with Crippen molar-refractivity contribution in [3.8, 4) is 5.75 Å². The molecule has 0 heterocycles. The van der Waals surface area contributed by atoms with Crippen LogP contribution >= 0.6 is 0 Å². The second kappa shape index (κ2) is 11.5. The number of hydrogen-bond donors (Lipinski definition) is 6. The first-order valence-corrected chi connectivity index (χ1v) is 9.85. The zero-order valence-corrected chi connectivity index (χ0v) is 17.2. The number of hydrogen-bond acceptors (Lipinski definition) is 6. The number of carboxylic acids is 1. The van der Waals surface area contributed by atoms with Crippen LogP contribution in [0.25, 0.3) is 0 Å². The molecule has 0 aliphatic carbocycles. The number of rotatable bonds is 11. The van der Waals surface area contributed by atoms with Crippen LogP contribution in [0.3, 0.4) is 0 Å². The second-order valence-electron chi connectivity index (χ2n) is 7.29. The largest absolute Gasteiger partial charge is 0.508 e. The predicted molar refractivity (Wildman–Crippen MR) is 115 cm³/mol. The molecule has 10 nitrogen and oxygen atoms in total. The molecular formula is C22H26N4O6. The van der Waals surface area contributed by atoms with Crippen molar-refractivity contribution in [2.45, 2.75) is 37.4 Å². The van der Waals surface area contributed by atoms with Gasteiger partial charge in [-0.25, -0.2) is 0 Å². The number of phenols is 1. The fraction of sp³-hybridized carbons (Fsp3) is 0.273. The van der Waals surface area contributed by atoms with Gasteiger partial charge in [0.05, 0.1) is 12.5 Å². The van der Waals surface area contributed by atoms with Crippen molar-refractivity contribution in [1.82, 2.24) is 10.6 Å².